The van der Waals surface area contributed by atoms with Gasteiger partial charge in [-0.2, -0.15) is 5.10 Å². The van der Waals surface area contributed by atoms with Crippen molar-refractivity contribution in [3.8, 4) is 0 Å². The molecule has 2 rings (SSSR count). The summed E-state index contributed by atoms with van der Waals surface area (Å²) in [6.45, 7) is 1.04. The number of nitrogens with zero attached hydrogens (tertiary/aromatic N) is 2. The maximum Gasteiger partial charge on any atom is 0.273 e. The number of hydrogen-bond acceptors (Lipinski definition) is 7. The number of aliphatic hydroxyl groups is 3. The first-order valence-electron chi connectivity index (χ1n) is 5.28. The number of aliphatic hydroxyl groups excluding tert-OH is 3. The molecule has 0 spiro atoms. The number of H-pyrrole nitrogens is 1. The predicted octanol–water partition coefficient (Wildman–Crippen LogP) is -1.78. The van der Waals surface area contributed by atoms with Crippen LogP contribution >= 0.6 is 12.2 Å². The summed E-state index contributed by atoms with van der Waals surface area (Å²) in [4.78, 5) is 13.7. The van der Waals surface area contributed by atoms with Gasteiger partial charge in [-0.05, 0) is 19.1 Å². The van der Waals surface area contributed by atoms with E-state index in [1.54, 1.807) is 0 Å². The highest BCUT2D eigenvalue weighted by Crippen LogP contribution is 2.28. The van der Waals surface area contributed by atoms with Crippen LogP contribution in [0.5, 0.6) is 0 Å². The van der Waals surface area contributed by atoms with E-state index in [-0.39, 0.29) is 10.5 Å². The fourth-order valence-corrected chi connectivity index (χ4v) is 1.99. The van der Waals surface area contributed by atoms with Crippen molar-refractivity contribution in [3.05, 3.63) is 20.8 Å². The molecule has 18 heavy (non-hydrogen) atoms. The van der Waals surface area contributed by atoms with Crippen molar-refractivity contribution in [2.75, 3.05) is 6.61 Å². The minimum Gasteiger partial charge on any atom is -0.394 e. The average molecular weight is 275 g/mol. The third-order valence-electron chi connectivity index (χ3n) is 2.77. The summed E-state index contributed by atoms with van der Waals surface area (Å²) in [5.74, 6) is 0. The van der Waals surface area contributed by atoms with Gasteiger partial charge in [0.2, 0.25) is 0 Å². The molecule has 0 unspecified atom stereocenters. The number of nitrogens with one attached hydrogen (secondary N) is 1. The Kier molecular flexibility index (Phi) is 3.59. The lowest BCUT2D eigenvalue weighted by atomic mass is 10.1. The molecule has 1 aromatic heterocycles. The van der Waals surface area contributed by atoms with Gasteiger partial charge < -0.3 is 20.1 Å². The van der Waals surface area contributed by atoms with E-state index in [2.05, 4.69) is 10.1 Å². The Morgan fingerprint density at radius 3 is 2.72 bits per heavy atom. The van der Waals surface area contributed by atoms with E-state index in [0.717, 1.165) is 4.68 Å². The molecule has 0 amide bonds. The summed E-state index contributed by atoms with van der Waals surface area (Å²) in [7, 11) is 0. The normalized spacial score (nSPS) is 31.8. The molecule has 100 valence electrons. The first kappa shape index (κ1) is 13.3. The third-order valence-corrected chi connectivity index (χ3v) is 3.06. The maximum absolute atomic E-state index is 11.3. The quantitative estimate of drug-likeness (QED) is 0.471. The van der Waals surface area contributed by atoms with Crippen molar-refractivity contribution < 1.29 is 20.1 Å². The number of aromatic amines is 1. The number of aryl methyl sites for hydroxylation is 1. The fourth-order valence-electron chi connectivity index (χ4n) is 1.75. The SMILES string of the molecule is Cc1nn([C@@H]2O[C@H](CO)[C@H](O)[C@H]2O)c(=S)[nH]c1=O. The van der Waals surface area contributed by atoms with Crippen LogP contribution in [0.2, 0.25) is 0 Å². The molecule has 0 saturated carbocycles. The van der Waals surface area contributed by atoms with Crippen LogP contribution in [-0.4, -0.2) is 55.0 Å². The second kappa shape index (κ2) is 4.86. The van der Waals surface area contributed by atoms with Gasteiger partial charge in [0.1, 0.15) is 24.0 Å². The number of hydrogen-bond donors (Lipinski definition) is 4. The van der Waals surface area contributed by atoms with Crippen LogP contribution < -0.4 is 5.56 Å². The summed E-state index contributed by atoms with van der Waals surface area (Å²) in [6, 6.07) is 0. The van der Waals surface area contributed by atoms with Crippen molar-refractivity contribution >= 4 is 12.2 Å². The molecule has 0 aromatic carbocycles. The van der Waals surface area contributed by atoms with E-state index in [1.165, 1.54) is 6.92 Å². The third kappa shape index (κ3) is 2.10. The summed E-state index contributed by atoms with van der Waals surface area (Å²) in [6.07, 6.45) is -4.48. The highest BCUT2D eigenvalue weighted by Gasteiger charge is 2.44. The topological polar surface area (TPSA) is 121 Å². The molecule has 9 heteroatoms. The van der Waals surface area contributed by atoms with Gasteiger partial charge in [0.15, 0.2) is 11.0 Å². The Morgan fingerprint density at radius 1 is 1.50 bits per heavy atom. The molecule has 0 radical (unpaired) electrons. The summed E-state index contributed by atoms with van der Waals surface area (Å²) >= 11 is 4.91. The molecule has 1 saturated heterocycles. The number of ether oxygens (including phenoxy) is 1. The Hall–Kier alpha value is -1.13. The van der Waals surface area contributed by atoms with Crippen LogP contribution in [0.4, 0.5) is 0 Å². The molecular formula is C9H13N3O5S. The van der Waals surface area contributed by atoms with Gasteiger partial charge in [0.05, 0.1) is 6.61 Å². The Bertz CT molecular complexity index is 556. The van der Waals surface area contributed by atoms with Crippen molar-refractivity contribution in [2.24, 2.45) is 0 Å². The summed E-state index contributed by atoms with van der Waals surface area (Å²) in [5, 5.41) is 32.3. The first-order valence-corrected chi connectivity index (χ1v) is 5.68. The Balaban J connectivity index is 2.42. The molecule has 1 fully saturated rings. The Morgan fingerprint density at radius 2 is 2.17 bits per heavy atom. The highest BCUT2D eigenvalue weighted by molar-refractivity contribution is 7.71. The van der Waals surface area contributed by atoms with Crippen molar-refractivity contribution in [1.82, 2.24) is 14.8 Å². The van der Waals surface area contributed by atoms with Gasteiger partial charge >= 0.3 is 0 Å². The van der Waals surface area contributed by atoms with Crippen LogP contribution in [0.25, 0.3) is 0 Å². The zero-order valence-corrected chi connectivity index (χ0v) is 10.3. The van der Waals surface area contributed by atoms with E-state index in [1.807, 2.05) is 0 Å². The molecular weight excluding hydrogens is 262 g/mol. The zero-order chi connectivity index (χ0) is 13.4. The number of aromatic nitrogens is 3. The van der Waals surface area contributed by atoms with E-state index < -0.39 is 36.7 Å². The van der Waals surface area contributed by atoms with Crippen molar-refractivity contribution in [3.63, 3.8) is 0 Å². The van der Waals surface area contributed by atoms with E-state index in [0.29, 0.717) is 0 Å². The maximum atomic E-state index is 11.3. The molecule has 1 aliphatic rings. The minimum atomic E-state index is -1.29. The van der Waals surface area contributed by atoms with Gasteiger partial charge in [-0.1, -0.05) is 0 Å². The van der Waals surface area contributed by atoms with Crippen LogP contribution in [0.3, 0.4) is 0 Å². The van der Waals surface area contributed by atoms with Gasteiger partial charge in [-0.3, -0.25) is 9.78 Å². The van der Waals surface area contributed by atoms with E-state index >= 15 is 0 Å². The van der Waals surface area contributed by atoms with Gasteiger partial charge in [-0.25, -0.2) is 4.68 Å². The van der Waals surface area contributed by atoms with Crippen LogP contribution in [-0.2, 0) is 4.74 Å². The Labute approximate surface area is 106 Å². The van der Waals surface area contributed by atoms with Crippen LogP contribution in [0.15, 0.2) is 4.79 Å². The highest BCUT2D eigenvalue weighted by atomic mass is 32.1. The van der Waals surface area contributed by atoms with Gasteiger partial charge in [0, 0.05) is 0 Å². The summed E-state index contributed by atoms with van der Waals surface area (Å²) < 4.78 is 6.34. The molecule has 4 atom stereocenters. The monoisotopic (exact) mass is 275 g/mol. The summed E-state index contributed by atoms with van der Waals surface area (Å²) in [5.41, 5.74) is -0.274. The minimum absolute atomic E-state index is 0.0274. The standard InChI is InChI=1S/C9H13N3O5S/c1-3-7(16)10-9(18)12(11-3)8-6(15)5(14)4(2-13)17-8/h4-6,8,13-15H,2H2,1H3,(H,10,16,18)/t4-,5+,6-,8-/m1/s1. The molecule has 2 heterocycles. The zero-order valence-electron chi connectivity index (χ0n) is 9.48. The van der Waals surface area contributed by atoms with E-state index in [9.17, 15) is 15.0 Å². The number of rotatable bonds is 2. The smallest absolute Gasteiger partial charge is 0.273 e. The molecule has 4 N–H and O–H groups in total. The van der Waals surface area contributed by atoms with Gasteiger partial charge in [0.25, 0.3) is 5.56 Å². The molecule has 0 bridgehead atoms. The van der Waals surface area contributed by atoms with Gasteiger partial charge in [-0.15, -0.1) is 0 Å². The fraction of sp³-hybridized carbons (Fsp3) is 0.667. The predicted molar refractivity (Wildman–Crippen MR) is 61.4 cm³/mol. The lowest BCUT2D eigenvalue weighted by Gasteiger charge is -2.17. The second-order valence-electron chi connectivity index (χ2n) is 4.02. The molecule has 1 aromatic rings. The first-order chi connectivity index (χ1) is 8.45. The molecule has 1 aliphatic heterocycles. The molecule has 8 nitrogen and oxygen atoms in total. The lowest BCUT2D eigenvalue weighted by Crippen LogP contribution is -2.34. The average Bonchev–Trinajstić information content (AvgIpc) is 2.61. The van der Waals surface area contributed by atoms with Crippen molar-refractivity contribution in [2.45, 2.75) is 31.5 Å². The second-order valence-corrected chi connectivity index (χ2v) is 4.40. The molecule has 0 aliphatic carbocycles. The van der Waals surface area contributed by atoms with E-state index in [4.69, 9.17) is 22.1 Å². The van der Waals surface area contributed by atoms with Crippen LogP contribution in [0, 0.1) is 11.7 Å². The lowest BCUT2D eigenvalue weighted by molar-refractivity contribution is -0.0609. The largest absolute Gasteiger partial charge is 0.394 e. The van der Waals surface area contributed by atoms with Crippen molar-refractivity contribution in [1.29, 1.82) is 0 Å². The van der Waals surface area contributed by atoms with Crippen LogP contribution in [0.1, 0.15) is 11.9 Å².